The number of ether oxygens (including phenoxy) is 1. The Hall–Kier alpha value is -2.80. The topological polar surface area (TPSA) is 69.4 Å². The number of nitro benzene ring substituents is 1. The molecule has 0 saturated carbocycles. The molecular formula is C16H10ClF2NO4. The fourth-order valence-corrected chi connectivity index (χ4v) is 2.08. The molecular weight excluding hydrogens is 344 g/mol. The predicted molar refractivity (Wildman–Crippen MR) is 84.5 cm³/mol. The summed E-state index contributed by atoms with van der Waals surface area (Å²) >= 11 is 5.68. The van der Waals surface area contributed by atoms with Gasteiger partial charge in [0.05, 0.1) is 4.92 Å². The molecule has 124 valence electrons. The summed E-state index contributed by atoms with van der Waals surface area (Å²) < 4.78 is 29.0. The van der Waals surface area contributed by atoms with Gasteiger partial charge in [-0.05, 0) is 30.4 Å². The van der Waals surface area contributed by atoms with Crippen LogP contribution in [-0.2, 0) is 0 Å². The van der Waals surface area contributed by atoms with Gasteiger partial charge in [-0.15, -0.1) is 0 Å². The van der Waals surface area contributed by atoms with Crippen LogP contribution in [0.25, 0.3) is 6.08 Å². The zero-order valence-electron chi connectivity index (χ0n) is 12.0. The minimum Gasteiger partial charge on any atom is -0.434 e. The third-order valence-electron chi connectivity index (χ3n) is 2.98. The van der Waals surface area contributed by atoms with Crippen molar-refractivity contribution in [3.8, 4) is 5.75 Å². The number of ketones is 1. The molecule has 2 aromatic carbocycles. The summed E-state index contributed by atoms with van der Waals surface area (Å²) in [7, 11) is 0. The minimum absolute atomic E-state index is 0.0506. The Morgan fingerprint density at radius 1 is 1.25 bits per heavy atom. The molecule has 0 atom stereocenters. The zero-order chi connectivity index (χ0) is 17.7. The highest BCUT2D eigenvalue weighted by Crippen LogP contribution is 2.26. The van der Waals surface area contributed by atoms with Crippen LogP contribution in [0, 0.1) is 10.1 Å². The number of rotatable bonds is 6. The standard InChI is InChI=1S/C16H10ClF2NO4/c17-12-7-5-11(9-13(12)20(22)23)14(21)8-6-10-3-1-2-4-15(10)24-16(18)19/h1-9,16H. The molecule has 0 N–H and O–H groups in total. The second-order valence-corrected chi connectivity index (χ2v) is 4.94. The highest BCUT2D eigenvalue weighted by atomic mass is 35.5. The van der Waals surface area contributed by atoms with Gasteiger partial charge in [0.2, 0.25) is 0 Å². The van der Waals surface area contributed by atoms with E-state index in [0.29, 0.717) is 0 Å². The minimum atomic E-state index is -2.99. The van der Waals surface area contributed by atoms with Crippen molar-refractivity contribution in [2.75, 3.05) is 0 Å². The first-order valence-electron chi connectivity index (χ1n) is 6.58. The van der Waals surface area contributed by atoms with Crippen LogP contribution in [0.3, 0.4) is 0 Å². The molecule has 2 rings (SSSR count). The second-order valence-electron chi connectivity index (χ2n) is 4.54. The monoisotopic (exact) mass is 353 g/mol. The van der Waals surface area contributed by atoms with Gasteiger partial charge < -0.3 is 4.74 Å². The summed E-state index contributed by atoms with van der Waals surface area (Å²) in [6.07, 6.45) is 2.40. The SMILES string of the molecule is O=C(C=Cc1ccccc1OC(F)F)c1ccc(Cl)c([N+](=O)[O-])c1. The maximum Gasteiger partial charge on any atom is 0.387 e. The normalized spacial score (nSPS) is 11.0. The fourth-order valence-electron chi connectivity index (χ4n) is 1.89. The van der Waals surface area contributed by atoms with Crippen LogP contribution >= 0.6 is 11.6 Å². The average Bonchev–Trinajstić information content (AvgIpc) is 2.53. The van der Waals surface area contributed by atoms with Gasteiger partial charge in [-0.25, -0.2) is 0 Å². The fraction of sp³-hybridized carbons (Fsp3) is 0.0625. The first kappa shape index (κ1) is 17.6. The van der Waals surface area contributed by atoms with Crippen molar-refractivity contribution in [2.24, 2.45) is 0 Å². The van der Waals surface area contributed by atoms with Crippen molar-refractivity contribution in [1.29, 1.82) is 0 Å². The van der Waals surface area contributed by atoms with Gasteiger partial charge in [0, 0.05) is 17.2 Å². The highest BCUT2D eigenvalue weighted by molar-refractivity contribution is 6.32. The lowest BCUT2D eigenvalue weighted by atomic mass is 10.1. The van der Waals surface area contributed by atoms with E-state index in [1.807, 2.05) is 0 Å². The first-order chi connectivity index (χ1) is 11.4. The van der Waals surface area contributed by atoms with Crippen molar-refractivity contribution in [3.05, 3.63) is 74.8 Å². The van der Waals surface area contributed by atoms with Crippen molar-refractivity contribution in [1.82, 2.24) is 0 Å². The van der Waals surface area contributed by atoms with Gasteiger partial charge in [0.1, 0.15) is 10.8 Å². The Morgan fingerprint density at radius 3 is 2.62 bits per heavy atom. The van der Waals surface area contributed by atoms with Crippen LogP contribution in [0.2, 0.25) is 5.02 Å². The van der Waals surface area contributed by atoms with E-state index >= 15 is 0 Å². The van der Waals surface area contributed by atoms with E-state index < -0.39 is 23.0 Å². The van der Waals surface area contributed by atoms with Gasteiger partial charge in [0.15, 0.2) is 5.78 Å². The number of alkyl halides is 2. The molecule has 0 aliphatic rings. The molecule has 0 aliphatic carbocycles. The number of nitro groups is 1. The summed E-state index contributed by atoms with van der Waals surface area (Å²) in [4.78, 5) is 22.2. The summed E-state index contributed by atoms with van der Waals surface area (Å²) in [5.74, 6) is -0.625. The molecule has 0 aliphatic heterocycles. The average molecular weight is 354 g/mol. The van der Waals surface area contributed by atoms with Crippen molar-refractivity contribution < 1.29 is 23.2 Å². The van der Waals surface area contributed by atoms with Crippen LogP contribution in [0.15, 0.2) is 48.5 Å². The number of para-hydroxylation sites is 1. The number of hydrogen-bond acceptors (Lipinski definition) is 4. The molecule has 0 unspecified atom stereocenters. The van der Waals surface area contributed by atoms with Gasteiger partial charge in [-0.3, -0.25) is 14.9 Å². The van der Waals surface area contributed by atoms with E-state index in [1.54, 1.807) is 6.07 Å². The predicted octanol–water partition coefficient (Wildman–Crippen LogP) is 4.75. The highest BCUT2D eigenvalue weighted by Gasteiger charge is 2.15. The quantitative estimate of drug-likeness (QED) is 0.325. The van der Waals surface area contributed by atoms with Crippen molar-refractivity contribution >= 4 is 29.1 Å². The smallest absolute Gasteiger partial charge is 0.387 e. The lowest BCUT2D eigenvalue weighted by molar-refractivity contribution is -0.384. The van der Waals surface area contributed by atoms with Gasteiger partial charge in [0.25, 0.3) is 5.69 Å². The van der Waals surface area contributed by atoms with Gasteiger partial charge in [-0.2, -0.15) is 8.78 Å². The van der Waals surface area contributed by atoms with E-state index in [-0.39, 0.29) is 21.9 Å². The molecule has 0 amide bonds. The van der Waals surface area contributed by atoms with E-state index in [9.17, 15) is 23.7 Å². The molecule has 8 heteroatoms. The number of carbonyl (C=O) groups excluding carboxylic acids is 1. The van der Waals surface area contributed by atoms with Crippen LogP contribution < -0.4 is 4.74 Å². The Kier molecular flexibility index (Phi) is 5.59. The van der Waals surface area contributed by atoms with E-state index in [0.717, 1.165) is 12.1 Å². The molecule has 5 nitrogen and oxygen atoms in total. The summed E-state index contributed by atoms with van der Waals surface area (Å²) in [5.41, 5.74) is -0.0680. The van der Waals surface area contributed by atoms with Crippen LogP contribution in [-0.4, -0.2) is 17.3 Å². The molecule has 24 heavy (non-hydrogen) atoms. The number of hydrogen-bond donors (Lipinski definition) is 0. The molecule has 0 bridgehead atoms. The maximum absolute atomic E-state index is 12.3. The summed E-state index contributed by atoms with van der Waals surface area (Å²) in [6, 6.07) is 9.57. The molecule has 0 heterocycles. The van der Waals surface area contributed by atoms with E-state index in [4.69, 9.17) is 11.6 Å². The molecule has 0 aromatic heterocycles. The second kappa shape index (κ2) is 7.65. The molecule has 0 radical (unpaired) electrons. The van der Waals surface area contributed by atoms with Crippen molar-refractivity contribution in [2.45, 2.75) is 6.61 Å². The Bertz CT molecular complexity index is 808. The largest absolute Gasteiger partial charge is 0.434 e. The lowest BCUT2D eigenvalue weighted by Crippen LogP contribution is -2.03. The van der Waals surface area contributed by atoms with Gasteiger partial charge in [-0.1, -0.05) is 29.8 Å². The number of halogens is 3. The van der Waals surface area contributed by atoms with Crippen LogP contribution in [0.1, 0.15) is 15.9 Å². The van der Waals surface area contributed by atoms with E-state index in [2.05, 4.69) is 4.74 Å². The number of nitrogens with zero attached hydrogens (tertiary/aromatic N) is 1. The summed E-state index contributed by atoms with van der Waals surface area (Å²) in [6.45, 7) is -2.99. The third kappa shape index (κ3) is 4.36. The Balaban J connectivity index is 2.26. The van der Waals surface area contributed by atoms with E-state index in [1.165, 1.54) is 36.4 Å². The zero-order valence-corrected chi connectivity index (χ0v) is 12.7. The number of benzene rings is 2. The third-order valence-corrected chi connectivity index (χ3v) is 3.30. The first-order valence-corrected chi connectivity index (χ1v) is 6.96. The van der Waals surface area contributed by atoms with Crippen LogP contribution in [0.4, 0.5) is 14.5 Å². The molecule has 0 spiro atoms. The number of carbonyl (C=O) groups is 1. The molecule has 2 aromatic rings. The maximum atomic E-state index is 12.3. The number of allylic oxidation sites excluding steroid dienone is 1. The Morgan fingerprint density at radius 2 is 1.96 bits per heavy atom. The lowest BCUT2D eigenvalue weighted by Gasteiger charge is -2.07. The van der Waals surface area contributed by atoms with Gasteiger partial charge >= 0.3 is 6.61 Å². The molecule has 0 fully saturated rings. The molecule has 0 saturated heterocycles. The van der Waals surface area contributed by atoms with Crippen LogP contribution in [0.5, 0.6) is 5.75 Å². The van der Waals surface area contributed by atoms with Crippen molar-refractivity contribution in [3.63, 3.8) is 0 Å². The summed E-state index contributed by atoms with van der Waals surface area (Å²) in [5, 5.41) is 10.7. The Labute approximate surface area is 140 Å².